The Labute approximate surface area is 206 Å². The molecule has 2 N–H and O–H groups in total. The number of hydrogen-bond donors (Lipinski definition) is 2. The maximum Gasteiger partial charge on any atom is 0.425 e. The molecule has 0 aliphatic carbocycles. The van der Waals surface area contributed by atoms with E-state index in [1.165, 1.54) is 0 Å². The number of likely N-dealkylation sites (tertiary alicyclic amines) is 1. The van der Waals surface area contributed by atoms with E-state index in [2.05, 4.69) is 16.9 Å². The van der Waals surface area contributed by atoms with Crippen LogP contribution < -0.4 is 0 Å². The summed E-state index contributed by atoms with van der Waals surface area (Å²) in [6, 6.07) is 0.0896. The fraction of sp³-hybridized carbons (Fsp3) is 0.708. The van der Waals surface area contributed by atoms with Gasteiger partial charge in [0.05, 0.1) is 31.6 Å². The van der Waals surface area contributed by atoms with Gasteiger partial charge >= 0.3 is 6.18 Å². The maximum atomic E-state index is 13.7. The molecule has 2 saturated heterocycles. The summed E-state index contributed by atoms with van der Waals surface area (Å²) in [5, 5.41) is 24.9. The van der Waals surface area contributed by atoms with Crippen molar-refractivity contribution in [1.29, 1.82) is 0 Å². The molecule has 2 fully saturated rings. The van der Waals surface area contributed by atoms with Gasteiger partial charge in [-0.05, 0) is 31.7 Å². The van der Waals surface area contributed by atoms with E-state index in [4.69, 9.17) is 9.47 Å². The van der Waals surface area contributed by atoms with E-state index < -0.39 is 28.9 Å². The molecular formula is C24H32F3N3O4S. The third-order valence-corrected chi connectivity index (χ3v) is 9.18. The monoisotopic (exact) mass is 515 g/mol. The second-order valence-corrected chi connectivity index (χ2v) is 11.1. The molecule has 5 rings (SSSR count). The molecule has 2 aromatic rings. The molecule has 0 bridgehead atoms. The minimum atomic E-state index is -4.48. The number of aliphatic hydroxyl groups excluding tert-OH is 1. The van der Waals surface area contributed by atoms with Gasteiger partial charge in [-0.1, -0.05) is 0 Å². The van der Waals surface area contributed by atoms with Crippen LogP contribution in [0.15, 0.2) is 12.4 Å². The van der Waals surface area contributed by atoms with Crippen molar-refractivity contribution in [2.45, 2.75) is 82.1 Å². The lowest BCUT2D eigenvalue weighted by Gasteiger charge is -2.47. The second kappa shape index (κ2) is 9.42. The quantitative estimate of drug-likeness (QED) is 0.635. The van der Waals surface area contributed by atoms with Crippen molar-refractivity contribution in [1.82, 2.24) is 14.7 Å². The largest absolute Gasteiger partial charge is 0.425 e. The van der Waals surface area contributed by atoms with Crippen LogP contribution in [0.3, 0.4) is 0 Å². The molecule has 3 aliphatic rings. The molecular weight excluding hydrogens is 483 g/mol. The minimum Gasteiger partial charge on any atom is -0.392 e. The fourth-order valence-electron chi connectivity index (χ4n) is 5.79. The standard InChI is InChI=1S/C24H32F3N3O4S/c1-16-10-23(20-18(2-7-34-23)19(14-31)21(35-20)24(25,26)27)3-6-29(16)12-17-11-28-30(13-17)15-22(32)4-8-33-9-5-22/h11,13,16,31-32H,2-10,12,14-15H2,1H3/t16-,23+/m0/s1. The molecule has 0 aromatic carbocycles. The number of thiophene rings is 1. The van der Waals surface area contributed by atoms with Gasteiger partial charge in [-0.15, -0.1) is 11.3 Å². The van der Waals surface area contributed by atoms with E-state index in [0.717, 1.165) is 16.9 Å². The molecule has 5 heterocycles. The lowest BCUT2D eigenvalue weighted by atomic mass is 9.81. The summed E-state index contributed by atoms with van der Waals surface area (Å²) in [6.45, 7) is 4.72. The fourth-order valence-corrected chi connectivity index (χ4v) is 7.20. The first-order chi connectivity index (χ1) is 16.6. The molecule has 194 valence electrons. The van der Waals surface area contributed by atoms with Gasteiger partial charge in [0.25, 0.3) is 0 Å². The average Bonchev–Trinajstić information content (AvgIpc) is 3.41. The van der Waals surface area contributed by atoms with Gasteiger partial charge in [0.2, 0.25) is 0 Å². The summed E-state index contributed by atoms with van der Waals surface area (Å²) in [5.74, 6) is 0. The zero-order valence-electron chi connectivity index (χ0n) is 19.8. The first kappa shape index (κ1) is 25.2. The Balaban J connectivity index is 1.29. The number of nitrogens with zero attached hydrogens (tertiary/aromatic N) is 3. The first-order valence-corrected chi connectivity index (χ1v) is 13.0. The Kier molecular flexibility index (Phi) is 6.77. The lowest BCUT2D eigenvalue weighted by molar-refractivity contribution is -0.135. The Bertz CT molecular complexity index is 1050. The van der Waals surface area contributed by atoms with Crippen molar-refractivity contribution in [2.24, 2.45) is 0 Å². The number of hydrogen-bond acceptors (Lipinski definition) is 7. The van der Waals surface area contributed by atoms with Gasteiger partial charge in [0, 0.05) is 67.4 Å². The van der Waals surface area contributed by atoms with Crippen molar-refractivity contribution in [3.8, 4) is 0 Å². The van der Waals surface area contributed by atoms with E-state index in [-0.39, 0.29) is 11.6 Å². The molecule has 2 atom stereocenters. The van der Waals surface area contributed by atoms with Crippen LogP contribution >= 0.6 is 11.3 Å². The SMILES string of the molecule is C[C@H]1C[C@@]2(CCN1Cc1cnn(CC3(O)CCOCC3)c1)OCCc1c2sc(C(F)(F)F)c1CO. The zero-order chi connectivity index (χ0) is 24.8. The highest BCUT2D eigenvalue weighted by Crippen LogP contribution is 2.51. The third kappa shape index (κ3) is 4.91. The number of fused-ring (bicyclic) bond motifs is 2. The average molecular weight is 516 g/mol. The van der Waals surface area contributed by atoms with Gasteiger partial charge in [0.1, 0.15) is 10.5 Å². The molecule has 0 radical (unpaired) electrons. The van der Waals surface area contributed by atoms with Crippen LogP contribution in [0.2, 0.25) is 0 Å². The van der Waals surface area contributed by atoms with Gasteiger partial charge < -0.3 is 19.7 Å². The molecule has 7 nitrogen and oxygen atoms in total. The Morgan fingerprint density at radius 2 is 2.00 bits per heavy atom. The van der Waals surface area contributed by atoms with Crippen molar-refractivity contribution >= 4 is 11.3 Å². The number of rotatable bonds is 5. The number of aliphatic hydroxyl groups is 2. The molecule has 2 aromatic heterocycles. The number of aromatic nitrogens is 2. The molecule has 0 unspecified atom stereocenters. The van der Waals surface area contributed by atoms with Crippen LogP contribution in [-0.4, -0.2) is 62.9 Å². The normalized spacial score (nSPS) is 27.3. The van der Waals surface area contributed by atoms with E-state index in [0.29, 0.717) is 82.0 Å². The van der Waals surface area contributed by atoms with Gasteiger partial charge in [-0.2, -0.15) is 18.3 Å². The third-order valence-electron chi connectivity index (χ3n) is 7.68. The predicted molar refractivity (Wildman–Crippen MR) is 123 cm³/mol. The van der Waals surface area contributed by atoms with E-state index in [1.807, 2.05) is 12.4 Å². The number of halogens is 3. The van der Waals surface area contributed by atoms with Crippen LogP contribution in [0.5, 0.6) is 0 Å². The molecule has 11 heteroatoms. The Morgan fingerprint density at radius 3 is 2.69 bits per heavy atom. The van der Waals surface area contributed by atoms with Gasteiger partial charge in [-0.25, -0.2) is 0 Å². The smallest absolute Gasteiger partial charge is 0.392 e. The Hall–Kier alpha value is -1.50. The van der Waals surface area contributed by atoms with Gasteiger partial charge in [-0.3, -0.25) is 9.58 Å². The summed E-state index contributed by atoms with van der Waals surface area (Å²) in [7, 11) is 0. The molecule has 1 spiro atoms. The Morgan fingerprint density at radius 1 is 1.23 bits per heavy atom. The van der Waals surface area contributed by atoms with Crippen LogP contribution in [0, 0.1) is 0 Å². The number of ether oxygens (including phenoxy) is 2. The van der Waals surface area contributed by atoms with E-state index in [9.17, 15) is 23.4 Å². The lowest BCUT2D eigenvalue weighted by Crippen LogP contribution is -2.50. The predicted octanol–water partition coefficient (Wildman–Crippen LogP) is 3.45. The van der Waals surface area contributed by atoms with Gasteiger partial charge in [0.15, 0.2) is 0 Å². The van der Waals surface area contributed by atoms with Crippen LogP contribution in [-0.2, 0) is 47.4 Å². The van der Waals surface area contributed by atoms with Crippen LogP contribution in [0.1, 0.15) is 59.1 Å². The molecule has 0 saturated carbocycles. The summed E-state index contributed by atoms with van der Waals surface area (Å²) in [6.07, 6.45) is 2.07. The highest BCUT2D eigenvalue weighted by molar-refractivity contribution is 7.12. The van der Waals surface area contributed by atoms with Crippen molar-refractivity contribution in [3.05, 3.63) is 38.8 Å². The summed E-state index contributed by atoms with van der Waals surface area (Å²) in [4.78, 5) is 2.26. The number of piperidine rings is 1. The summed E-state index contributed by atoms with van der Waals surface area (Å²) in [5.41, 5.74) is 0.147. The van der Waals surface area contributed by atoms with Crippen molar-refractivity contribution in [3.63, 3.8) is 0 Å². The highest BCUT2D eigenvalue weighted by Gasteiger charge is 2.48. The minimum absolute atomic E-state index is 0.0221. The molecule has 0 amide bonds. The van der Waals surface area contributed by atoms with E-state index in [1.54, 1.807) is 4.68 Å². The molecule has 3 aliphatic heterocycles. The van der Waals surface area contributed by atoms with Crippen LogP contribution in [0.25, 0.3) is 0 Å². The van der Waals surface area contributed by atoms with Crippen molar-refractivity contribution < 1.29 is 32.9 Å². The topological polar surface area (TPSA) is 80.0 Å². The van der Waals surface area contributed by atoms with Crippen molar-refractivity contribution in [2.75, 3.05) is 26.4 Å². The second-order valence-electron chi connectivity index (χ2n) is 10.1. The first-order valence-electron chi connectivity index (χ1n) is 12.1. The number of alkyl halides is 3. The highest BCUT2D eigenvalue weighted by atomic mass is 32.1. The summed E-state index contributed by atoms with van der Waals surface area (Å²) >= 11 is 0.751. The summed E-state index contributed by atoms with van der Waals surface area (Å²) < 4.78 is 54.3. The van der Waals surface area contributed by atoms with Crippen LogP contribution in [0.4, 0.5) is 13.2 Å². The molecule has 35 heavy (non-hydrogen) atoms. The van der Waals surface area contributed by atoms with E-state index >= 15 is 0 Å². The maximum absolute atomic E-state index is 13.7. The zero-order valence-corrected chi connectivity index (χ0v) is 20.6.